The van der Waals surface area contributed by atoms with Gasteiger partial charge in [-0.15, -0.1) is 11.8 Å². The molecular weight excluding hydrogens is 520 g/mol. The number of rotatable bonds is 9. The summed E-state index contributed by atoms with van der Waals surface area (Å²) in [6, 6.07) is 27.9. The van der Waals surface area contributed by atoms with Crippen molar-refractivity contribution < 1.29 is 14.4 Å². The second-order valence-corrected chi connectivity index (χ2v) is 9.45. The number of halogens is 1. The lowest BCUT2D eigenvalue weighted by atomic mass is 10.1. The fourth-order valence-electron chi connectivity index (χ4n) is 3.29. The van der Waals surface area contributed by atoms with E-state index in [9.17, 15) is 14.4 Å². The molecule has 3 aromatic carbocycles. The summed E-state index contributed by atoms with van der Waals surface area (Å²) >= 11 is 7.30. The topological polar surface area (TPSA) is 100 Å². The second-order valence-electron chi connectivity index (χ2n) is 7.96. The molecule has 190 valence electrons. The lowest BCUT2D eigenvalue weighted by molar-refractivity contribution is -0.114. The van der Waals surface area contributed by atoms with Gasteiger partial charge in [-0.2, -0.15) is 0 Å². The molecule has 0 atom stereocenters. The van der Waals surface area contributed by atoms with Crippen molar-refractivity contribution in [3.63, 3.8) is 0 Å². The van der Waals surface area contributed by atoms with Gasteiger partial charge in [0.1, 0.15) is 11.5 Å². The van der Waals surface area contributed by atoms with E-state index in [0.717, 1.165) is 4.90 Å². The highest BCUT2D eigenvalue weighted by Gasteiger charge is 2.15. The Hall–Kier alpha value is -4.40. The number of hydrogen-bond donors (Lipinski definition) is 3. The number of hydrogen-bond acceptors (Lipinski definition) is 5. The van der Waals surface area contributed by atoms with E-state index in [1.54, 1.807) is 103 Å². The second kappa shape index (κ2) is 13.2. The van der Waals surface area contributed by atoms with E-state index in [4.69, 9.17) is 11.6 Å². The number of carbonyl (C=O) groups is 3. The summed E-state index contributed by atoms with van der Waals surface area (Å²) in [4.78, 5) is 43.1. The van der Waals surface area contributed by atoms with Crippen LogP contribution in [0.25, 0.3) is 6.08 Å². The molecule has 3 amide bonds. The van der Waals surface area contributed by atoms with Crippen LogP contribution in [0, 0.1) is 0 Å². The number of amides is 3. The maximum atomic E-state index is 13.2. The van der Waals surface area contributed by atoms with Gasteiger partial charge in [0.2, 0.25) is 5.91 Å². The van der Waals surface area contributed by atoms with Gasteiger partial charge in [-0.3, -0.25) is 14.4 Å². The van der Waals surface area contributed by atoms with E-state index in [2.05, 4.69) is 20.9 Å². The molecule has 1 aromatic heterocycles. The SMILES string of the molecule is O=C(CSc1cccc(NC(=O)/C(=C/c2ccc(Cl)cc2)NC(=O)c2ccccc2)c1)Nc1ccccn1. The molecule has 0 radical (unpaired) electrons. The largest absolute Gasteiger partial charge is 0.321 e. The quantitative estimate of drug-likeness (QED) is 0.181. The van der Waals surface area contributed by atoms with Crippen molar-refractivity contribution in [2.45, 2.75) is 4.90 Å². The van der Waals surface area contributed by atoms with Crippen LogP contribution < -0.4 is 16.0 Å². The first-order valence-corrected chi connectivity index (χ1v) is 12.9. The van der Waals surface area contributed by atoms with E-state index in [1.807, 2.05) is 6.07 Å². The molecule has 1 heterocycles. The molecule has 0 fully saturated rings. The summed E-state index contributed by atoms with van der Waals surface area (Å²) in [5.74, 6) is -0.455. The van der Waals surface area contributed by atoms with Crippen LogP contribution in [0.2, 0.25) is 5.02 Å². The summed E-state index contributed by atoms with van der Waals surface area (Å²) in [6.45, 7) is 0. The molecule has 0 spiro atoms. The standard InChI is InChI=1S/C29H23ClN4O3S/c30-22-14-12-20(13-15-22)17-25(33-28(36)21-7-2-1-3-8-21)29(37)32-23-9-6-10-24(18-23)38-19-27(35)34-26-11-4-5-16-31-26/h1-18H,19H2,(H,32,37)(H,33,36)(H,31,34,35)/b25-17-. The number of benzene rings is 3. The molecule has 3 N–H and O–H groups in total. The third-order valence-electron chi connectivity index (χ3n) is 5.10. The Morgan fingerprint density at radius 1 is 0.842 bits per heavy atom. The highest BCUT2D eigenvalue weighted by atomic mass is 35.5. The van der Waals surface area contributed by atoms with Crippen molar-refractivity contribution in [2.24, 2.45) is 0 Å². The maximum Gasteiger partial charge on any atom is 0.272 e. The molecule has 4 rings (SSSR count). The van der Waals surface area contributed by atoms with Gasteiger partial charge in [0.15, 0.2) is 0 Å². The van der Waals surface area contributed by atoms with Gasteiger partial charge in [0, 0.05) is 27.4 Å². The van der Waals surface area contributed by atoms with Crippen LogP contribution in [0.4, 0.5) is 11.5 Å². The van der Waals surface area contributed by atoms with Gasteiger partial charge in [0.05, 0.1) is 5.75 Å². The molecule has 4 aromatic rings. The first kappa shape index (κ1) is 26.7. The van der Waals surface area contributed by atoms with Gasteiger partial charge in [-0.1, -0.05) is 54.1 Å². The van der Waals surface area contributed by atoms with Crippen molar-refractivity contribution >= 4 is 58.7 Å². The van der Waals surface area contributed by atoms with E-state index in [0.29, 0.717) is 27.7 Å². The molecule has 0 saturated carbocycles. The molecule has 0 aliphatic rings. The van der Waals surface area contributed by atoms with Crippen LogP contribution in [-0.2, 0) is 9.59 Å². The average molecular weight is 543 g/mol. The van der Waals surface area contributed by atoms with E-state index >= 15 is 0 Å². The Morgan fingerprint density at radius 3 is 2.34 bits per heavy atom. The molecule has 0 unspecified atom stereocenters. The average Bonchev–Trinajstić information content (AvgIpc) is 2.94. The summed E-state index contributed by atoms with van der Waals surface area (Å²) in [6.07, 6.45) is 3.18. The number of nitrogens with zero attached hydrogens (tertiary/aromatic N) is 1. The number of carbonyl (C=O) groups excluding carboxylic acids is 3. The fourth-order valence-corrected chi connectivity index (χ4v) is 4.18. The predicted octanol–water partition coefficient (Wildman–Crippen LogP) is 5.88. The number of anilines is 2. The van der Waals surface area contributed by atoms with E-state index in [-0.39, 0.29) is 17.4 Å². The predicted molar refractivity (Wildman–Crippen MR) is 152 cm³/mol. The van der Waals surface area contributed by atoms with Crippen LogP contribution in [0.1, 0.15) is 15.9 Å². The van der Waals surface area contributed by atoms with Gasteiger partial charge in [-0.25, -0.2) is 4.98 Å². The molecular formula is C29H23ClN4O3S. The number of thioether (sulfide) groups is 1. The summed E-state index contributed by atoms with van der Waals surface area (Å²) < 4.78 is 0. The Labute approximate surface area is 229 Å². The Morgan fingerprint density at radius 2 is 1.61 bits per heavy atom. The van der Waals surface area contributed by atoms with Crippen LogP contribution in [0.5, 0.6) is 0 Å². The Kier molecular flexibility index (Phi) is 9.28. The lowest BCUT2D eigenvalue weighted by Gasteiger charge is -2.12. The molecule has 38 heavy (non-hydrogen) atoms. The molecule has 0 bridgehead atoms. The van der Waals surface area contributed by atoms with Crippen molar-refractivity contribution in [3.8, 4) is 0 Å². The van der Waals surface area contributed by atoms with Crippen LogP contribution in [0.15, 0.2) is 114 Å². The monoisotopic (exact) mass is 542 g/mol. The van der Waals surface area contributed by atoms with Gasteiger partial charge < -0.3 is 16.0 Å². The van der Waals surface area contributed by atoms with Crippen molar-refractivity contribution in [2.75, 3.05) is 16.4 Å². The zero-order valence-electron chi connectivity index (χ0n) is 20.1. The molecule has 9 heteroatoms. The minimum Gasteiger partial charge on any atom is -0.321 e. The molecule has 0 aliphatic carbocycles. The Balaban J connectivity index is 1.45. The highest BCUT2D eigenvalue weighted by molar-refractivity contribution is 8.00. The number of pyridine rings is 1. The molecule has 0 saturated heterocycles. The Bertz CT molecular complexity index is 1450. The first-order chi connectivity index (χ1) is 18.5. The molecule has 7 nitrogen and oxygen atoms in total. The van der Waals surface area contributed by atoms with Gasteiger partial charge in [0.25, 0.3) is 11.8 Å². The maximum absolute atomic E-state index is 13.2. The molecule has 0 aliphatic heterocycles. The minimum atomic E-state index is -0.501. The smallest absolute Gasteiger partial charge is 0.272 e. The normalized spacial score (nSPS) is 10.9. The summed E-state index contributed by atoms with van der Waals surface area (Å²) in [7, 11) is 0. The van der Waals surface area contributed by atoms with Crippen molar-refractivity contribution in [3.05, 3.63) is 125 Å². The minimum absolute atomic E-state index is 0.0639. The van der Waals surface area contributed by atoms with Crippen molar-refractivity contribution in [1.29, 1.82) is 0 Å². The third-order valence-corrected chi connectivity index (χ3v) is 6.35. The number of nitrogens with one attached hydrogen (secondary N) is 3. The van der Waals surface area contributed by atoms with E-state index < -0.39 is 11.8 Å². The zero-order valence-corrected chi connectivity index (χ0v) is 21.6. The summed E-state index contributed by atoms with van der Waals surface area (Å²) in [5, 5.41) is 8.83. The van der Waals surface area contributed by atoms with Gasteiger partial charge >= 0.3 is 0 Å². The lowest BCUT2D eigenvalue weighted by Crippen LogP contribution is -2.30. The van der Waals surface area contributed by atoms with E-state index in [1.165, 1.54) is 11.8 Å². The highest BCUT2D eigenvalue weighted by Crippen LogP contribution is 2.22. The van der Waals surface area contributed by atoms with Crippen LogP contribution in [-0.4, -0.2) is 28.5 Å². The van der Waals surface area contributed by atoms with Crippen LogP contribution >= 0.6 is 23.4 Å². The first-order valence-electron chi connectivity index (χ1n) is 11.5. The van der Waals surface area contributed by atoms with Gasteiger partial charge in [-0.05, 0) is 66.2 Å². The van der Waals surface area contributed by atoms with Crippen LogP contribution in [0.3, 0.4) is 0 Å². The fraction of sp³-hybridized carbons (Fsp3) is 0.0345. The zero-order chi connectivity index (χ0) is 26.7. The third kappa shape index (κ3) is 8.06. The summed E-state index contributed by atoms with van der Waals surface area (Å²) in [5.41, 5.74) is 1.69. The number of aromatic nitrogens is 1. The van der Waals surface area contributed by atoms with Crippen molar-refractivity contribution in [1.82, 2.24) is 10.3 Å².